The van der Waals surface area contributed by atoms with Crippen molar-refractivity contribution in [1.82, 2.24) is 9.78 Å². The van der Waals surface area contributed by atoms with Crippen molar-refractivity contribution < 1.29 is 4.74 Å². The quantitative estimate of drug-likeness (QED) is 0.777. The maximum absolute atomic E-state index is 12.4. The van der Waals surface area contributed by atoms with E-state index in [1.807, 2.05) is 44.2 Å². The summed E-state index contributed by atoms with van der Waals surface area (Å²) < 4.78 is 7.89. The molecule has 0 aliphatic rings. The number of nitrogens with zero attached hydrogens (tertiary/aromatic N) is 3. The van der Waals surface area contributed by atoms with E-state index >= 15 is 0 Å². The van der Waals surface area contributed by atoms with Gasteiger partial charge in [-0.05, 0) is 36.6 Å². The Morgan fingerprint density at radius 2 is 2.13 bits per heavy atom. The lowest BCUT2D eigenvalue weighted by molar-refractivity contribution is 0.286. The molecular formula is C17H18BrN3O2. The number of hydrogen-bond donors (Lipinski definition) is 0. The summed E-state index contributed by atoms with van der Waals surface area (Å²) in [5.41, 5.74) is 1.40. The highest BCUT2D eigenvalue weighted by Crippen LogP contribution is 2.17. The molecule has 1 aromatic carbocycles. The minimum Gasteiger partial charge on any atom is -0.492 e. The van der Waals surface area contributed by atoms with Gasteiger partial charge in [0.1, 0.15) is 24.0 Å². The van der Waals surface area contributed by atoms with Gasteiger partial charge < -0.3 is 4.74 Å². The van der Waals surface area contributed by atoms with E-state index in [1.165, 1.54) is 4.68 Å². The molecule has 1 heterocycles. The highest BCUT2D eigenvalue weighted by atomic mass is 79.9. The third-order valence-corrected chi connectivity index (χ3v) is 4.00. The molecule has 120 valence electrons. The number of ether oxygens (including phenoxy) is 1. The van der Waals surface area contributed by atoms with Crippen molar-refractivity contribution in [1.29, 1.82) is 5.26 Å². The summed E-state index contributed by atoms with van der Waals surface area (Å²) in [5.74, 6) is 0.717. The fourth-order valence-electron chi connectivity index (χ4n) is 2.39. The monoisotopic (exact) mass is 375 g/mol. The van der Waals surface area contributed by atoms with Crippen molar-refractivity contribution >= 4 is 15.9 Å². The van der Waals surface area contributed by atoms with Crippen molar-refractivity contribution in [3.8, 4) is 11.8 Å². The van der Waals surface area contributed by atoms with E-state index in [0.29, 0.717) is 31.7 Å². The Balaban J connectivity index is 2.20. The van der Waals surface area contributed by atoms with E-state index in [2.05, 4.69) is 21.0 Å². The van der Waals surface area contributed by atoms with Crippen LogP contribution in [-0.2, 0) is 19.4 Å². The van der Waals surface area contributed by atoms with Crippen molar-refractivity contribution in [2.24, 2.45) is 0 Å². The standard InChI is InChI=1S/C17H18BrN3O2/c1-3-14-15(11-19)17(22)21(20-16(14)4-2)8-9-23-13-7-5-6-12(18)10-13/h5-7,10H,3-4,8-9H2,1-2H3. The predicted octanol–water partition coefficient (Wildman–Crippen LogP) is 3.08. The molecule has 5 nitrogen and oxygen atoms in total. The lowest BCUT2D eigenvalue weighted by Gasteiger charge is -2.12. The van der Waals surface area contributed by atoms with Crippen LogP contribution in [0, 0.1) is 11.3 Å². The molecule has 23 heavy (non-hydrogen) atoms. The normalized spacial score (nSPS) is 10.3. The van der Waals surface area contributed by atoms with Gasteiger partial charge in [0.15, 0.2) is 0 Å². The molecule has 2 rings (SSSR count). The highest BCUT2D eigenvalue weighted by Gasteiger charge is 2.14. The van der Waals surface area contributed by atoms with Crippen molar-refractivity contribution in [2.45, 2.75) is 33.2 Å². The van der Waals surface area contributed by atoms with E-state index in [4.69, 9.17) is 4.74 Å². The summed E-state index contributed by atoms with van der Waals surface area (Å²) in [6.07, 6.45) is 1.31. The highest BCUT2D eigenvalue weighted by molar-refractivity contribution is 9.10. The molecule has 0 saturated heterocycles. The Bertz CT molecular complexity index is 793. The lowest BCUT2D eigenvalue weighted by Crippen LogP contribution is -2.30. The van der Waals surface area contributed by atoms with Crippen molar-refractivity contribution in [3.05, 3.63) is 55.9 Å². The smallest absolute Gasteiger partial charge is 0.285 e. The van der Waals surface area contributed by atoms with Crippen molar-refractivity contribution in [2.75, 3.05) is 6.61 Å². The molecule has 0 radical (unpaired) electrons. The zero-order valence-electron chi connectivity index (χ0n) is 13.2. The first-order chi connectivity index (χ1) is 11.1. The number of hydrogen-bond acceptors (Lipinski definition) is 4. The van der Waals surface area contributed by atoms with Crippen LogP contribution in [0.25, 0.3) is 0 Å². The molecule has 0 unspecified atom stereocenters. The van der Waals surface area contributed by atoms with E-state index < -0.39 is 0 Å². The summed E-state index contributed by atoms with van der Waals surface area (Å²) in [4.78, 5) is 12.4. The second-order valence-corrected chi connectivity index (χ2v) is 5.87. The SMILES string of the molecule is CCc1nn(CCOc2cccc(Br)c2)c(=O)c(C#N)c1CC. The number of aromatic nitrogens is 2. The fourth-order valence-corrected chi connectivity index (χ4v) is 2.77. The van der Waals surface area contributed by atoms with Crippen LogP contribution >= 0.6 is 15.9 Å². The van der Waals surface area contributed by atoms with Gasteiger partial charge in [0, 0.05) is 4.47 Å². The minimum absolute atomic E-state index is 0.196. The summed E-state index contributed by atoms with van der Waals surface area (Å²) >= 11 is 3.38. The molecular weight excluding hydrogens is 358 g/mol. The van der Waals surface area contributed by atoms with Crippen molar-refractivity contribution in [3.63, 3.8) is 0 Å². The second kappa shape index (κ2) is 7.93. The average molecular weight is 376 g/mol. The maximum atomic E-state index is 12.4. The zero-order chi connectivity index (χ0) is 16.8. The number of benzene rings is 1. The molecule has 0 N–H and O–H groups in total. The van der Waals surface area contributed by atoms with Crippen LogP contribution in [0.5, 0.6) is 5.75 Å². The largest absolute Gasteiger partial charge is 0.492 e. The molecule has 0 bridgehead atoms. The van der Waals surface area contributed by atoms with E-state index in [9.17, 15) is 10.1 Å². The summed E-state index contributed by atoms with van der Waals surface area (Å²) in [5, 5.41) is 13.7. The Morgan fingerprint density at radius 1 is 1.35 bits per heavy atom. The van der Waals surface area contributed by atoms with E-state index in [-0.39, 0.29) is 11.1 Å². The Hall–Kier alpha value is -2.13. The summed E-state index contributed by atoms with van der Waals surface area (Å²) in [7, 11) is 0. The predicted molar refractivity (Wildman–Crippen MR) is 91.6 cm³/mol. The first-order valence-electron chi connectivity index (χ1n) is 7.52. The van der Waals surface area contributed by atoms with Gasteiger partial charge in [-0.3, -0.25) is 4.79 Å². The van der Waals surface area contributed by atoms with Gasteiger partial charge in [0.2, 0.25) is 0 Å². The van der Waals surface area contributed by atoms with Crippen LogP contribution in [0.15, 0.2) is 33.5 Å². The molecule has 0 atom stereocenters. The van der Waals surface area contributed by atoms with Gasteiger partial charge in [-0.2, -0.15) is 10.4 Å². The number of rotatable bonds is 6. The van der Waals surface area contributed by atoms with Crippen LogP contribution in [0.3, 0.4) is 0 Å². The van der Waals surface area contributed by atoms with Gasteiger partial charge >= 0.3 is 0 Å². The van der Waals surface area contributed by atoms with Gasteiger partial charge in [-0.25, -0.2) is 4.68 Å². The third-order valence-electron chi connectivity index (χ3n) is 3.51. The average Bonchev–Trinajstić information content (AvgIpc) is 2.55. The van der Waals surface area contributed by atoms with Crippen LogP contribution in [0.2, 0.25) is 0 Å². The summed E-state index contributed by atoms with van der Waals surface area (Å²) in [6, 6.07) is 9.52. The fraction of sp³-hybridized carbons (Fsp3) is 0.353. The topological polar surface area (TPSA) is 67.9 Å². The molecule has 0 amide bonds. The Labute approximate surface area is 143 Å². The van der Waals surface area contributed by atoms with Gasteiger partial charge in [-0.1, -0.05) is 35.8 Å². The van der Waals surface area contributed by atoms with Gasteiger partial charge in [-0.15, -0.1) is 0 Å². The van der Waals surface area contributed by atoms with Gasteiger partial charge in [0.05, 0.1) is 12.2 Å². The zero-order valence-corrected chi connectivity index (χ0v) is 14.8. The molecule has 0 saturated carbocycles. The molecule has 0 spiro atoms. The Morgan fingerprint density at radius 3 is 2.74 bits per heavy atom. The molecule has 0 fully saturated rings. The van der Waals surface area contributed by atoms with Crippen LogP contribution in [-0.4, -0.2) is 16.4 Å². The van der Waals surface area contributed by atoms with Gasteiger partial charge in [0.25, 0.3) is 5.56 Å². The molecule has 6 heteroatoms. The number of nitriles is 1. The minimum atomic E-state index is -0.348. The molecule has 2 aromatic rings. The van der Waals surface area contributed by atoms with Crippen LogP contribution in [0.4, 0.5) is 0 Å². The Kier molecular flexibility index (Phi) is 5.94. The maximum Gasteiger partial charge on any atom is 0.285 e. The second-order valence-electron chi connectivity index (χ2n) is 4.95. The molecule has 0 aliphatic heterocycles. The lowest BCUT2D eigenvalue weighted by atomic mass is 10.0. The number of halogens is 1. The summed E-state index contributed by atoms with van der Waals surface area (Å²) in [6.45, 7) is 4.51. The van der Waals surface area contributed by atoms with Crippen LogP contribution in [0.1, 0.15) is 30.7 Å². The first-order valence-corrected chi connectivity index (χ1v) is 8.31. The first kappa shape index (κ1) is 17.2. The molecule has 0 aliphatic carbocycles. The number of aryl methyl sites for hydroxylation is 1. The molecule has 1 aromatic heterocycles. The van der Waals surface area contributed by atoms with E-state index in [1.54, 1.807) is 0 Å². The van der Waals surface area contributed by atoms with E-state index in [0.717, 1.165) is 15.7 Å². The van der Waals surface area contributed by atoms with Crippen LogP contribution < -0.4 is 10.3 Å². The third kappa shape index (κ3) is 3.99.